The summed E-state index contributed by atoms with van der Waals surface area (Å²) in [6.45, 7) is 0.632. The van der Waals surface area contributed by atoms with Crippen molar-refractivity contribution in [3.8, 4) is 23.0 Å². The lowest BCUT2D eigenvalue weighted by Crippen LogP contribution is -2.45. The Morgan fingerprint density at radius 2 is 1.79 bits per heavy atom. The van der Waals surface area contributed by atoms with E-state index in [2.05, 4.69) is 5.32 Å². The molecule has 1 N–H and O–H groups in total. The van der Waals surface area contributed by atoms with E-state index in [1.54, 1.807) is 14.2 Å². The number of fused-ring (bicyclic) bond motifs is 1. The van der Waals surface area contributed by atoms with Gasteiger partial charge in [0.1, 0.15) is 11.5 Å². The van der Waals surface area contributed by atoms with Gasteiger partial charge in [-0.15, -0.1) is 0 Å². The molecule has 6 nitrogen and oxygen atoms in total. The number of benzene rings is 2. The Hall–Kier alpha value is -2.89. The number of nitrogens with one attached hydrogen (secondary N) is 1. The van der Waals surface area contributed by atoms with Gasteiger partial charge >= 0.3 is 0 Å². The zero-order chi connectivity index (χ0) is 20.3. The summed E-state index contributed by atoms with van der Waals surface area (Å²) < 4.78 is 21.7. The van der Waals surface area contributed by atoms with Crippen LogP contribution in [0.3, 0.4) is 0 Å². The van der Waals surface area contributed by atoms with Crippen LogP contribution < -0.4 is 24.3 Å². The Labute approximate surface area is 171 Å². The molecule has 0 saturated heterocycles. The third-order valence-corrected chi connectivity index (χ3v) is 6.00. The van der Waals surface area contributed by atoms with Crippen LogP contribution in [-0.2, 0) is 16.8 Å². The van der Waals surface area contributed by atoms with Crippen LogP contribution in [-0.4, -0.2) is 26.9 Å². The summed E-state index contributed by atoms with van der Waals surface area (Å²) in [6, 6.07) is 11.5. The molecule has 154 valence electrons. The van der Waals surface area contributed by atoms with Crippen LogP contribution in [0.1, 0.15) is 43.2 Å². The molecule has 1 aliphatic carbocycles. The third kappa shape index (κ3) is 3.71. The van der Waals surface area contributed by atoms with Gasteiger partial charge in [-0.25, -0.2) is 0 Å². The van der Waals surface area contributed by atoms with E-state index in [4.69, 9.17) is 18.9 Å². The van der Waals surface area contributed by atoms with E-state index in [0.717, 1.165) is 60.5 Å². The highest BCUT2D eigenvalue weighted by molar-refractivity contribution is 5.88. The molecule has 1 amide bonds. The van der Waals surface area contributed by atoms with Crippen molar-refractivity contribution in [3.05, 3.63) is 47.5 Å². The fourth-order valence-electron chi connectivity index (χ4n) is 4.34. The van der Waals surface area contributed by atoms with Crippen molar-refractivity contribution in [2.24, 2.45) is 0 Å². The standard InChI is InChI=1S/C23H27NO5/c1-26-18-8-6-16(20(13-18)27-2)14-24-22(25)23(10-4-3-5-11-23)17-7-9-19-21(12-17)29-15-28-19/h6-9,12-13H,3-5,10-11,14-15H2,1-2H3,(H,24,25). The predicted molar refractivity (Wildman–Crippen MR) is 109 cm³/mol. The quantitative estimate of drug-likeness (QED) is 0.800. The number of ether oxygens (including phenoxy) is 4. The third-order valence-electron chi connectivity index (χ3n) is 6.00. The minimum Gasteiger partial charge on any atom is -0.497 e. The molecular formula is C23H27NO5. The summed E-state index contributed by atoms with van der Waals surface area (Å²) in [5, 5.41) is 3.16. The van der Waals surface area contributed by atoms with Gasteiger partial charge in [0.25, 0.3) is 0 Å². The van der Waals surface area contributed by atoms with Gasteiger partial charge in [-0.05, 0) is 42.7 Å². The van der Waals surface area contributed by atoms with E-state index in [9.17, 15) is 4.79 Å². The van der Waals surface area contributed by atoms with Crippen LogP contribution in [0.5, 0.6) is 23.0 Å². The van der Waals surface area contributed by atoms with E-state index in [1.165, 1.54) is 0 Å². The molecule has 0 spiro atoms. The Morgan fingerprint density at radius 1 is 1.00 bits per heavy atom. The molecule has 1 saturated carbocycles. The van der Waals surface area contributed by atoms with Gasteiger partial charge in [0, 0.05) is 18.2 Å². The lowest BCUT2D eigenvalue weighted by molar-refractivity contribution is -0.128. The Balaban J connectivity index is 1.57. The number of hydrogen-bond donors (Lipinski definition) is 1. The average molecular weight is 397 g/mol. The van der Waals surface area contributed by atoms with Gasteiger partial charge in [0.2, 0.25) is 12.7 Å². The fourth-order valence-corrected chi connectivity index (χ4v) is 4.34. The van der Waals surface area contributed by atoms with Crippen LogP contribution in [0.4, 0.5) is 0 Å². The molecule has 1 heterocycles. The fraction of sp³-hybridized carbons (Fsp3) is 0.435. The topological polar surface area (TPSA) is 66.0 Å². The number of hydrogen-bond acceptors (Lipinski definition) is 5. The van der Waals surface area contributed by atoms with Crippen molar-refractivity contribution in [1.29, 1.82) is 0 Å². The second-order valence-corrected chi connectivity index (χ2v) is 7.57. The molecule has 2 aromatic carbocycles. The minimum absolute atomic E-state index is 0.0499. The predicted octanol–water partition coefficient (Wildman–Crippen LogP) is 3.95. The average Bonchev–Trinajstić information content (AvgIpc) is 3.25. The molecule has 0 aromatic heterocycles. The second kappa shape index (κ2) is 8.23. The molecule has 0 bridgehead atoms. The SMILES string of the molecule is COc1ccc(CNC(=O)C2(c3ccc4c(c3)OCO4)CCCCC2)c(OC)c1. The largest absolute Gasteiger partial charge is 0.497 e. The van der Waals surface area contributed by atoms with Gasteiger partial charge in [0.15, 0.2) is 11.5 Å². The highest BCUT2D eigenvalue weighted by Crippen LogP contribution is 2.43. The number of carbonyl (C=O) groups excluding carboxylic acids is 1. The smallest absolute Gasteiger partial charge is 0.231 e. The number of amides is 1. The zero-order valence-electron chi connectivity index (χ0n) is 17.0. The highest BCUT2D eigenvalue weighted by Gasteiger charge is 2.41. The van der Waals surface area contributed by atoms with Gasteiger partial charge in [-0.1, -0.05) is 25.3 Å². The van der Waals surface area contributed by atoms with Crippen LogP contribution in [0.25, 0.3) is 0 Å². The Kier molecular flexibility index (Phi) is 5.51. The first-order valence-corrected chi connectivity index (χ1v) is 10.1. The molecule has 2 aromatic rings. The van der Waals surface area contributed by atoms with Gasteiger partial charge in [0.05, 0.1) is 19.6 Å². The minimum atomic E-state index is -0.543. The summed E-state index contributed by atoms with van der Waals surface area (Å²) in [7, 11) is 3.24. The lowest BCUT2D eigenvalue weighted by atomic mass is 9.68. The van der Waals surface area contributed by atoms with E-state index in [0.29, 0.717) is 12.3 Å². The summed E-state index contributed by atoms with van der Waals surface area (Å²) in [6.07, 6.45) is 4.89. The first-order valence-electron chi connectivity index (χ1n) is 10.1. The van der Waals surface area contributed by atoms with Crippen molar-refractivity contribution in [1.82, 2.24) is 5.32 Å². The molecule has 0 unspecified atom stereocenters. The molecule has 1 aliphatic heterocycles. The molecule has 6 heteroatoms. The van der Waals surface area contributed by atoms with Crippen molar-refractivity contribution >= 4 is 5.91 Å². The van der Waals surface area contributed by atoms with Gasteiger partial charge < -0.3 is 24.3 Å². The molecule has 29 heavy (non-hydrogen) atoms. The van der Waals surface area contributed by atoms with E-state index in [1.807, 2.05) is 36.4 Å². The number of carbonyl (C=O) groups is 1. The number of methoxy groups -OCH3 is 2. The van der Waals surface area contributed by atoms with Gasteiger partial charge in [-0.3, -0.25) is 4.79 Å². The van der Waals surface area contributed by atoms with Crippen molar-refractivity contribution in [3.63, 3.8) is 0 Å². The summed E-state index contributed by atoms with van der Waals surface area (Å²) in [5.41, 5.74) is 1.37. The first-order chi connectivity index (χ1) is 14.2. The van der Waals surface area contributed by atoms with Gasteiger partial charge in [-0.2, -0.15) is 0 Å². The molecule has 0 atom stereocenters. The summed E-state index contributed by atoms with van der Waals surface area (Å²) >= 11 is 0. The maximum atomic E-state index is 13.5. The van der Waals surface area contributed by atoms with Crippen LogP contribution in [0.2, 0.25) is 0 Å². The zero-order valence-corrected chi connectivity index (χ0v) is 17.0. The second-order valence-electron chi connectivity index (χ2n) is 7.57. The monoisotopic (exact) mass is 397 g/mol. The van der Waals surface area contributed by atoms with Crippen LogP contribution in [0, 0.1) is 0 Å². The number of rotatable bonds is 6. The first kappa shape index (κ1) is 19.4. The van der Waals surface area contributed by atoms with Crippen molar-refractivity contribution in [2.45, 2.75) is 44.1 Å². The maximum Gasteiger partial charge on any atom is 0.231 e. The maximum absolute atomic E-state index is 13.5. The summed E-state index contributed by atoms with van der Waals surface area (Å²) in [5.74, 6) is 2.93. The normalized spacial score (nSPS) is 16.9. The Morgan fingerprint density at radius 3 is 2.55 bits per heavy atom. The molecule has 4 rings (SSSR count). The molecule has 0 radical (unpaired) electrons. The highest BCUT2D eigenvalue weighted by atomic mass is 16.7. The molecular weight excluding hydrogens is 370 g/mol. The van der Waals surface area contributed by atoms with Crippen molar-refractivity contribution < 1.29 is 23.7 Å². The molecule has 1 fully saturated rings. The van der Waals surface area contributed by atoms with Crippen LogP contribution >= 0.6 is 0 Å². The Bertz CT molecular complexity index is 889. The van der Waals surface area contributed by atoms with E-state index in [-0.39, 0.29) is 12.7 Å². The van der Waals surface area contributed by atoms with E-state index >= 15 is 0 Å². The molecule has 2 aliphatic rings. The van der Waals surface area contributed by atoms with Crippen molar-refractivity contribution in [2.75, 3.05) is 21.0 Å². The van der Waals surface area contributed by atoms with Crippen LogP contribution in [0.15, 0.2) is 36.4 Å². The lowest BCUT2D eigenvalue weighted by Gasteiger charge is -2.36. The van der Waals surface area contributed by atoms with E-state index < -0.39 is 5.41 Å². The summed E-state index contributed by atoms with van der Waals surface area (Å²) in [4.78, 5) is 13.5.